The summed E-state index contributed by atoms with van der Waals surface area (Å²) < 4.78 is 5.31. The minimum atomic E-state index is 0.152. The van der Waals surface area contributed by atoms with E-state index in [-0.39, 0.29) is 17.9 Å². The van der Waals surface area contributed by atoms with Crippen molar-refractivity contribution in [3.8, 4) is 5.75 Å². The summed E-state index contributed by atoms with van der Waals surface area (Å²) in [6.45, 7) is 12.1. The molecular formula is C32H49N3O2. The number of Topliss-reactive ketones (excluding diaryl/α,β-unsaturated/α-hetero) is 1. The Morgan fingerprint density at radius 3 is 2.43 bits per heavy atom. The van der Waals surface area contributed by atoms with Gasteiger partial charge < -0.3 is 4.74 Å². The summed E-state index contributed by atoms with van der Waals surface area (Å²) in [6, 6.07) is 5.70. The van der Waals surface area contributed by atoms with Crippen LogP contribution in [0.3, 0.4) is 0 Å². The van der Waals surface area contributed by atoms with Crippen LogP contribution in [0.2, 0.25) is 0 Å². The van der Waals surface area contributed by atoms with Gasteiger partial charge in [0.1, 0.15) is 23.3 Å². The van der Waals surface area contributed by atoms with Gasteiger partial charge in [-0.05, 0) is 104 Å². The van der Waals surface area contributed by atoms with Crippen molar-refractivity contribution in [1.29, 1.82) is 0 Å². The highest BCUT2D eigenvalue weighted by Gasteiger charge is 2.60. The van der Waals surface area contributed by atoms with Gasteiger partial charge in [-0.15, -0.1) is 0 Å². The Labute approximate surface area is 224 Å². The maximum atomic E-state index is 13.6. The van der Waals surface area contributed by atoms with Gasteiger partial charge in [-0.2, -0.15) is 15.0 Å². The molecule has 6 rings (SSSR count). The van der Waals surface area contributed by atoms with Crippen LogP contribution in [-0.4, -0.2) is 27.9 Å². The number of nitrogens with zero attached hydrogens (tertiary/aromatic N) is 3. The second kappa shape index (κ2) is 10.3. The van der Waals surface area contributed by atoms with E-state index in [9.17, 15) is 4.79 Å². The number of fused-ring (bicyclic) bond motifs is 6. The molecule has 0 amide bonds. The minimum absolute atomic E-state index is 0.152. The second-order valence-electron chi connectivity index (χ2n) is 13.5. The number of carbonyl (C=O) groups excluding carboxylic acids is 1. The fourth-order valence-corrected chi connectivity index (χ4v) is 9.39. The number of rotatable bonds is 4. The standard InChI is InChI=1S/C29H41N3O2.C3H8/c1-18-11-13-28(2)19(15-18)5-7-21-22-8-9-24(29(22,3)14-12-23(21)28)27(33)17-32-30-25-10-6-20(34-4)16-26(25)31-32;1-3-2/h6,10,16,18-19,21-24H,5,7-9,11-15,17H2,1-4H3;3H2,1-2H3/t18?,19?,21?,22?,23?,24-,28?,29?;/m1./s1. The Balaban J connectivity index is 0.000000892. The molecule has 8 atom stereocenters. The Kier molecular flexibility index (Phi) is 7.46. The molecule has 0 spiro atoms. The summed E-state index contributed by atoms with van der Waals surface area (Å²) >= 11 is 0. The molecule has 4 fully saturated rings. The minimum Gasteiger partial charge on any atom is -0.497 e. The molecular weight excluding hydrogens is 458 g/mol. The molecule has 204 valence electrons. The fourth-order valence-electron chi connectivity index (χ4n) is 9.39. The molecule has 4 aliphatic carbocycles. The van der Waals surface area contributed by atoms with E-state index in [0.29, 0.717) is 17.1 Å². The van der Waals surface area contributed by atoms with Gasteiger partial charge in [0.2, 0.25) is 0 Å². The molecule has 0 radical (unpaired) electrons. The maximum Gasteiger partial charge on any atom is 0.159 e. The summed E-state index contributed by atoms with van der Waals surface area (Å²) in [7, 11) is 1.66. The zero-order valence-corrected chi connectivity index (χ0v) is 24.1. The first kappa shape index (κ1) is 26.7. The number of hydrogen-bond donors (Lipinski definition) is 0. The number of ether oxygens (including phenoxy) is 1. The van der Waals surface area contributed by atoms with Gasteiger partial charge in [0.05, 0.1) is 7.11 Å². The topological polar surface area (TPSA) is 57.0 Å². The van der Waals surface area contributed by atoms with E-state index in [1.165, 1.54) is 57.8 Å². The quantitative estimate of drug-likeness (QED) is 0.425. The molecule has 5 nitrogen and oxygen atoms in total. The van der Waals surface area contributed by atoms with Crippen molar-refractivity contribution in [2.75, 3.05) is 7.11 Å². The summed E-state index contributed by atoms with van der Waals surface area (Å²) in [5, 5.41) is 9.17. The van der Waals surface area contributed by atoms with Crippen molar-refractivity contribution in [2.24, 2.45) is 46.3 Å². The molecule has 0 bridgehead atoms. The number of ketones is 1. The molecule has 1 aromatic heterocycles. The zero-order chi connectivity index (χ0) is 26.4. The zero-order valence-electron chi connectivity index (χ0n) is 24.1. The molecule has 7 unspecified atom stereocenters. The Morgan fingerprint density at radius 1 is 0.973 bits per heavy atom. The fraction of sp³-hybridized carbons (Fsp3) is 0.781. The molecule has 4 saturated carbocycles. The predicted molar refractivity (Wildman–Crippen MR) is 149 cm³/mol. The first-order valence-corrected chi connectivity index (χ1v) is 15.1. The van der Waals surface area contributed by atoms with Gasteiger partial charge in [0, 0.05) is 12.0 Å². The number of hydrogen-bond acceptors (Lipinski definition) is 4. The molecule has 4 aliphatic rings. The van der Waals surface area contributed by atoms with Gasteiger partial charge in [-0.25, -0.2) is 0 Å². The van der Waals surface area contributed by atoms with E-state index in [4.69, 9.17) is 4.74 Å². The van der Waals surface area contributed by atoms with E-state index in [2.05, 4.69) is 44.8 Å². The van der Waals surface area contributed by atoms with Crippen molar-refractivity contribution in [1.82, 2.24) is 15.0 Å². The van der Waals surface area contributed by atoms with Crippen molar-refractivity contribution >= 4 is 16.8 Å². The highest BCUT2D eigenvalue weighted by atomic mass is 16.5. The van der Waals surface area contributed by atoms with Crippen molar-refractivity contribution < 1.29 is 9.53 Å². The first-order valence-electron chi connectivity index (χ1n) is 15.1. The van der Waals surface area contributed by atoms with Crippen LogP contribution in [0.4, 0.5) is 0 Å². The lowest BCUT2D eigenvalue weighted by atomic mass is 9.44. The molecule has 0 saturated heterocycles. The van der Waals surface area contributed by atoms with Crippen LogP contribution in [0, 0.1) is 46.3 Å². The lowest BCUT2D eigenvalue weighted by molar-refractivity contribution is -0.137. The van der Waals surface area contributed by atoms with Gasteiger partial charge >= 0.3 is 0 Å². The first-order chi connectivity index (χ1) is 17.7. The van der Waals surface area contributed by atoms with E-state index in [1.807, 2.05) is 18.2 Å². The van der Waals surface area contributed by atoms with E-state index >= 15 is 0 Å². The molecule has 37 heavy (non-hydrogen) atoms. The van der Waals surface area contributed by atoms with Crippen molar-refractivity contribution in [3.05, 3.63) is 18.2 Å². The second-order valence-corrected chi connectivity index (χ2v) is 13.5. The lowest BCUT2D eigenvalue weighted by Gasteiger charge is -2.61. The summed E-state index contributed by atoms with van der Waals surface area (Å²) in [4.78, 5) is 15.3. The third-order valence-electron chi connectivity index (χ3n) is 11.2. The monoisotopic (exact) mass is 507 g/mol. The van der Waals surface area contributed by atoms with Crippen LogP contribution in [0.15, 0.2) is 18.2 Å². The normalized spacial score (nSPS) is 38.6. The van der Waals surface area contributed by atoms with Crippen LogP contribution in [-0.2, 0) is 11.3 Å². The number of methoxy groups -OCH3 is 1. The van der Waals surface area contributed by atoms with E-state index in [0.717, 1.165) is 46.9 Å². The van der Waals surface area contributed by atoms with Crippen LogP contribution < -0.4 is 4.74 Å². The molecule has 2 aromatic rings. The van der Waals surface area contributed by atoms with Gasteiger partial charge in [0.25, 0.3) is 0 Å². The van der Waals surface area contributed by atoms with Crippen molar-refractivity contribution in [3.63, 3.8) is 0 Å². The Morgan fingerprint density at radius 2 is 1.68 bits per heavy atom. The van der Waals surface area contributed by atoms with Crippen LogP contribution in [0.5, 0.6) is 5.75 Å². The largest absolute Gasteiger partial charge is 0.497 e. The number of aromatic nitrogens is 3. The molecule has 1 heterocycles. The number of carbonyl (C=O) groups is 1. The smallest absolute Gasteiger partial charge is 0.159 e. The lowest BCUT2D eigenvalue weighted by Crippen LogP contribution is -2.53. The average Bonchev–Trinajstić information content (AvgIpc) is 3.44. The molecule has 0 N–H and O–H groups in total. The van der Waals surface area contributed by atoms with Gasteiger partial charge in [0.15, 0.2) is 5.78 Å². The van der Waals surface area contributed by atoms with E-state index < -0.39 is 0 Å². The predicted octanol–water partition coefficient (Wildman–Crippen LogP) is 7.72. The average molecular weight is 508 g/mol. The SMILES string of the molecule is CCC.COc1ccc2nn(CC(=O)[C@H]3CCC4C5CCC6CC(C)CCC6(C)C5CCC43C)nc2c1. The Bertz CT molecular complexity index is 1110. The third-order valence-corrected chi connectivity index (χ3v) is 11.2. The highest BCUT2D eigenvalue weighted by molar-refractivity contribution is 5.82. The van der Waals surface area contributed by atoms with Crippen molar-refractivity contribution in [2.45, 2.75) is 105 Å². The summed E-state index contributed by atoms with van der Waals surface area (Å²) in [6.07, 6.45) is 13.2. The maximum absolute atomic E-state index is 13.6. The van der Waals surface area contributed by atoms with Crippen LogP contribution in [0.25, 0.3) is 11.0 Å². The third kappa shape index (κ3) is 4.63. The van der Waals surface area contributed by atoms with Crippen LogP contribution >= 0.6 is 0 Å². The molecule has 0 aliphatic heterocycles. The van der Waals surface area contributed by atoms with Gasteiger partial charge in [-0.3, -0.25) is 4.79 Å². The summed E-state index contributed by atoms with van der Waals surface area (Å²) in [5.74, 6) is 5.50. The molecule has 1 aromatic carbocycles. The molecule has 5 heteroatoms. The van der Waals surface area contributed by atoms with E-state index in [1.54, 1.807) is 11.9 Å². The number of benzene rings is 1. The summed E-state index contributed by atoms with van der Waals surface area (Å²) in [5.41, 5.74) is 2.30. The highest BCUT2D eigenvalue weighted by Crippen LogP contribution is 2.67. The Hall–Kier alpha value is -1.91. The van der Waals surface area contributed by atoms with Crippen LogP contribution in [0.1, 0.15) is 98.8 Å². The van der Waals surface area contributed by atoms with Gasteiger partial charge in [-0.1, -0.05) is 47.5 Å².